The number of hydrogen-bond donors (Lipinski definition) is 3. The highest BCUT2D eigenvalue weighted by Gasteiger charge is 2.42. The second-order valence-corrected chi connectivity index (χ2v) is 6.13. The summed E-state index contributed by atoms with van der Waals surface area (Å²) >= 11 is 0. The Hall–Kier alpha value is -2.14. The summed E-state index contributed by atoms with van der Waals surface area (Å²) in [5.41, 5.74) is 1.87. The number of benzene rings is 1. The number of aliphatic hydroxyl groups excluding tert-OH is 2. The predicted molar refractivity (Wildman–Crippen MR) is 84.8 cm³/mol. The zero-order chi connectivity index (χ0) is 16.7. The van der Waals surface area contributed by atoms with E-state index in [2.05, 4.69) is 16.4 Å². The highest BCUT2D eigenvalue weighted by molar-refractivity contribution is 5.80. The second-order valence-electron chi connectivity index (χ2n) is 6.13. The van der Waals surface area contributed by atoms with Gasteiger partial charge in [-0.3, -0.25) is 4.57 Å². The first-order valence-corrected chi connectivity index (χ1v) is 7.62. The standard InChI is InChI=1S/C16H20N4O3/c1-8(2)18-16-19-11-5-4-10(7-17)6-12(11)20(16)15-14(22)13(21)9(3)23-15/h4-6,8-9,13-15,21-22H,1-3H3,(H,18,19)/t9-,13-,14-,15-/m1/s1. The van der Waals surface area contributed by atoms with Gasteiger partial charge in [0.15, 0.2) is 6.23 Å². The first-order chi connectivity index (χ1) is 10.9. The van der Waals surface area contributed by atoms with Crippen LogP contribution in [0.2, 0.25) is 0 Å². The third-order valence-electron chi connectivity index (χ3n) is 3.97. The van der Waals surface area contributed by atoms with Crippen LogP contribution in [0.15, 0.2) is 18.2 Å². The lowest BCUT2D eigenvalue weighted by Crippen LogP contribution is -2.31. The molecule has 0 radical (unpaired) electrons. The van der Waals surface area contributed by atoms with E-state index in [0.717, 1.165) is 0 Å². The maximum Gasteiger partial charge on any atom is 0.206 e. The maximum atomic E-state index is 10.3. The van der Waals surface area contributed by atoms with Crippen LogP contribution in [0, 0.1) is 11.3 Å². The minimum atomic E-state index is -1.07. The average Bonchev–Trinajstić information content (AvgIpc) is 2.97. The molecule has 1 aliphatic rings. The molecule has 4 atom stereocenters. The molecule has 3 rings (SSSR count). The zero-order valence-corrected chi connectivity index (χ0v) is 13.3. The van der Waals surface area contributed by atoms with Crippen molar-refractivity contribution in [2.24, 2.45) is 0 Å². The third-order valence-corrected chi connectivity index (χ3v) is 3.97. The molecule has 1 aliphatic heterocycles. The number of nitrogens with one attached hydrogen (secondary N) is 1. The van der Waals surface area contributed by atoms with E-state index in [0.29, 0.717) is 22.5 Å². The number of nitriles is 1. The van der Waals surface area contributed by atoms with Gasteiger partial charge in [-0.15, -0.1) is 0 Å². The normalized spacial score (nSPS) is 27.5. The molecule has 0 unspecified atom stereocenters. The molecule has 0 spiro atoms. The molecule has 2 heterocycles. The molecule has 7 nitrogen and oxygen atoms in total. The smallest absolute Gasteiger partial charge is 0.206 e. The Morgan fingerprint density at radius 3 is 2.65 bits per heavy atom. The number of ether oxygens (including phenoxy) is 1. The van der Waals surface area contributed by atoms with Crippen LogP contribution in [0.25, 0.3) is 11.0 Å². The van der Waals surface area contributed by atoms with Crippen molar-refractivity contribution in [2.45, 2.75) is 51.4 Å². The highest BCUT2D eigenvalue weighted by Crippen LogP contribution is 2.35. The number of anilines is 1. The summed E-state index contributed by atoms with van der Waals surface area (Å²) in [6.07, 6.45) is -3.29. The van der Waals surface area contributed by atoms with Crippen molar-refractivity contribution in [1.29, 1.82) is 5.26 Å². The molecular formula is C16H20N4O3. The van der Waals surface area contributed by atoms with Crippen LogP contribution < -0.4 is 5.32 Å². The first-order valence-electron chi connectivity index (χ1n) is 7.62. The molecule has 23 heavy (non-hydrogen) atoms. The molecule has 122 valence electrons. The Balaban J connectivity index is 2.17. The van der Waals surface area contributed by atoms with Crippen molar-refractivity contribution in [3.05, 3.63) is 23.8 Å². The largest absolute Gasteiger partial charge is 0.388 e. The fourth-order valence-electron chi connectivity index (χ4n) is 2.82. The number of fused-ring (bicyclic) bond motifs is 1. The van der Waals surface area contributed by atoms with Crippen LogP contribution in [0.1, 0.15) is 32.6 Å². The molecule has 3 N–H and O–H groups in total. The minimum absolute atomic E-state index is 0.127. The summed E-state index contributed by atoms with van der Waals surface area (Å²) in [7, 11) is 0. The monoisotopic (exact) mass is 316 g/mol. The van der Waals surface area contributed by atoms with Crippen LogP contribution in [0.3, 0.4) is 0 Å². The van der Waals surface area contributed by atoms with E-state index in [1.54, 1.807) is 29.7 Å². The number of aliphatic hydroxyl groups is 2. The van der Waals surface area contributed by atoms with E-state index in [4.69, 9.17) is 10.00 Å². The molecule has 2 aromatic rings. The van der Waals surface area contributed by atoms with Crippen molar-refractivity contribution < 1.29 is 14.9 Å². The lowest BCUT2D eigenvalue weighted by molar-refractivity contribution is -0.0284. The summed E-state index contributed by atoms with van der Waals surface area (Å²) < 4.78 is 7.45. The second kappa shape index (κ2) is 5.81. The van der Waals surface area contributed by atoms with Gasteiger partial charge in [-0.1, -0.05) is 0 Å². The molecule has 1 aromatic heterocycles. The third kappa shape index (κ3) is 2.65. The Kier molecular flexibility index (Phi) is 3.98. The van der Waals surface area contributed by atoms with Crippen LogP contribution in [-0.4, -0.2) is 44.1 Å². The quantitative estimate of drug-likeness (QED) is 0.790. The summed E-state index contributed by atoms with van der Waals surface area (Å²) in [5, 5.41) is 32.7. The highest BCUT2D eigenvalue weighted by atomic mass is 16.6. The van der Waals surface area contributed by atoms with Crippen LogP contribution in [0.5, 0.6) is 0 Å². The summed E-state index contributed by atoms with van der Waals surface area (Å²) in [4.78, 5) is 4.53. The van der Waals surface area contributed by atoms with Crippen LogP contribution in [0.4, 0.5) is 5.95 Å². The van der Waals surface area contributed by atoms with E-state index < -0.39 is 24.5 Å². The number of imidazole rings is 1. The number of nitrogens with zero attached hydrogens (tertiary/aromatic N) is 3. The lowest BCUT2D eigenvalue weighted by Gasteiger charge is -2.21. The number of hydrogen-bond acceptors (Lipinski definition) is 6. The van der Waals surface area contributed by atoms with Gasteiger partial charge in [0.25, 0.3) is 0 Å². The molecule has 1 saturated heterocycles. The molecule has 0 amide bonds. The molecule has 0 bridgehead atoms. The first kappa shape index (κ1) is 15.7. The Morgan fingerprint density at radius 2 is 2.09 bits per heavy atom. The van der Waals surface area contributed by atoms with Crippen molar-refractivity contribution in [2.75, 3.05) is 5.32 Å². The SMILES string of the molecule is CC(C)Nc1nc2ccc(C#N)cc2n1[C@@H]1O[C@H](C)[C@@H](O)[C@H]1O. The maximum absolute atomic E-state index is 10.3. The van der Waals surface area contributed by atoms with E-state index in [1.165, 1.54) is 0 Å². The van der Waals surface area contributed by atoms with Gasteiger partial charge in [-0.25, -0.2) is 4.98 Å². The van der Waals surface area contributed by atoms with Crippen molar-refractivity contribution in [3.63, 3.8) is 0 Å². The van der Waals surface area contributed by atoms with Crippen molar-refractivity contribution in [1.82, 2.24) is 9.55 Å². The van der Waals surface area contributed by atoms with Gasteiger partial charge in [0.05, 0.1) is 28.8 Å². The van der Waals surface area contributed by atoms with Crippen LogP contribution in [-0.2, 0) is 4.74 Å². The average molecular weight is 316 g/mol. The van der Waals surface area contributed by atoms with Crippen molar-refractivity contribution >= 4 is 17.0 Å². The topological polar surface area (TPSA) is 103 Å². The van der Waals surface area contributed by atoms with Gasteiger partial charge in [0, 0.05) is 6.04 Å². The van der Waals surface area contributed by atoms with Gasteiger partial charge in [0.2, 0.25) is 5.95 Å². The Bertz CT molecular complexity index is 765. The minimum Gasteiger partial charge on any atom is -0.388 e. The van der Waals surface area contributed by atoms with E-state index >= 15 is 0 Å². The van der Waals surface area contributed by atoms with Gasteiger partial charge >= 0.3 is 0 Å². The summed E-state index contributed by atoms with van der Waals surface area (Å²) in [6.45, 7) is 5.67. The summed E-state index contributed by atoms with van der Waals surface area (Å²) in [6, 6.07) is 7.39. The Labute approximate surface area is 134 Å². The molecule has 7 heteroatoms. The Morgan fingerprint density at radius 1 is 1.35 bits per heavy atom. The summed E-state index contributed by atoms with van der Waals surface area (Å²) in [5.74, 6) is 0.537. The molecule has 0 aliphatic carbocycles. The predicted octanol–water partition coefficient (Wildman–Crippen LogP) is 1.37. The molecular weight excluding hydrogens is 296 g/mol. The van der Waals surface area contributed by atoms with E-state index in [-0.39, 0.29) is 6.04 Å². The van der Waals surface area contributed by atoms with Gasteiger partial charge in [-0.05, 0) is 39.0 Å². The number of aromatic nitrogens is 2. The number of rotatable bonds is 3. The van der Waals surface area contributed by atoms with E-state index in [1.807, 2.05) is 13.8 Å². The molecule has 1 aromatic carbocycles. The van der Waals surface area contributed by atoms with E-state index in [9.17, 15) is 10.2 Å². The fraction of sp³-hybridized carbons (Fsp3) is 0.500. The zero-order valence-electron chi connectivity index (χ0n) is 13.3. The lowest BCUT2D eigenvalue weighted by atomic mass is 10.1. The van der Waals surface area contributed by atoms with Gasteiger partial charge in [-0.2, -0.15) is 5.26 Å². The molecule has 1 fully saturated rings. The van der Waals surface area contributed by atoms with Crippen molar-refractivity contribution in [3.8, 4) is 6.07 Å². The van der Waals surface area contributed by atoms with Gasteiger partial charge in [0.1, 0.15) is 12.2 Å². The van der Waals surface area contributed by atoms with Crippen LogP contribution >= 0.6 is 0 Å². The van der Waals surface area contributed by atoms with Gasteiger partial charge < -0.3 is 20.3 Å². The molecule has 0 saturated carbocycles. The fourth-order valence-corrected chi connectivity index (χ4v) is 2.82.